The predicted octanol–water partition coefficient (Wildman–Crippen LogP) is 2.62. The lowest BCUT2D eigenvalue weighted by Gasteiger charge is -2.22. The summed E-state index contributed by atoms with van der Waals surface area (Å²) >= 11 is 0. The van der Waals surface area contributed by atoms with Crippen LogP contribution >= 0.6 is 12.4 Å². The van der Waals surface area contributed by atoms with Gasteiger partial charge in [0.25, 0.3) is 0 Å². The van der Waals surface area contributed by atoms with Crippen LogP contribution in [0.2, 0.25) is 0 Å². The Bertz CT molecular complexity index is 423. The number of hydrogen-bond donors (Lipinski definition) is 2. The van der Waals surface area contributed by atoms with Crippen molar-refractivity contribution >= 4 is 12.4 Å². The standard InChI is InChI=1S/C10H10F5NO.ClH/c1-4-2-3-5(7(12)6(4)11)8(16)9(17)10(13,14)15;/h2-3,8-9,17H,16H2,1H3;1H/t8-,9-;/m1./s1. The number of aryl methyl sites for hydroxylation is 1. The van der Waals surface area contributed by atoms with Gasteiger partial charge in [-0.05, 0) is 12.5 Å². The van der Waals surface area contributed by atoms with Crippen molar-refractivity contribution in [2.75, 3.05) is 0 Å². The zero-order valence-corrected chi connectivity index (χ0v) is 9.95. The van der Waals surface area contributed by atoms with Crippen molar-refractivity contribution in [2.24, 2.45) is 5.73 Å². The third-order valence-corrected chi connectivity index (χ3v) is 2.34. The van der Waals surface area contributed by atoms with E-state index in [-0.39, 0.29) is 18.0 Å². The molecule has 1 rings (SSSR count). The van der Waals surface area contributed by atoms with Crippen molar-refractivity contribution in [2.45, 2.75) is 25.2 Å². The van der Waals surface area contributed by atoms with Crippen LogP contribution in [0.1, 0.15) is 17.2 Å². The molecule has 0 aromatic heterocycles. The molecule has 0 radical (unpaired) electrons. The van der Waals surface area contributed by atoms with Gasteiger partial charge in [0.05, 0.1) is 6.04 Å². The molecule has 18 heavy (non-hydrogen) atoms. The maximum absolute atomic E-state index is 13.3. The molecular weight excluding hydrogens is 281 g/mol. The zero-order chi connectivity index (χ0) is 13.4. The Hall–Kier alpha value is -0.920. The highest BCUT2D eigenvalue weighted by Crippen LogP contribution is 2.30. The SMILES string of the molecule is Cc1ccc([C@@H](N)[C@@H](O)C(F)(F)F)c(F)c1F.Cl. The van der Waals surface area contributed by atoms with Gasteiger partial charge in [-0.15, -0.1) is 12.4 Å². The van der Waals surface area contributed by atoms with Gasteiger partial charge < -0.3 is 10.8 Å². The highest BCUT2D eigenvalue weighted by atomic mass is 35.5. The summed E-state index contributed by atoms with van der Waals surface area (Å²) in [5.74, 6) is -2.74. The van der Waals surface area contributed by atoms with E-state index in [1.807, 2.05) is 0 Å². The molecule has 0 aliphatic heterocycles. The molecule has 0 aliphatic carbocycles. The van der Waals surface area contributed by atoms with Crippen LogP contribution in [0.15, 0.2) is 12.1 Å². The molecular formula is C10H11ClF5NO. The van der Waals surface area contributed by atoms with E-state index in [1.165, 1.54) is 6.92 Å². The fourth-order valence-electron chi connectivity index (χ4n) is 1.29. The average Bonchev–Trinajstić information content (AvgIpc) is 2.23. The maximum Gasteiger partial charge on any atom is 0.416 e. The van der Waals surface area contributed by atoms with E-state index in [0.717, 1.165) is 12.1 Å². The van der Waals surface area contributed by atoms with Crippen LogP contribution in [0.5, 0.6) is 0 Å². The highest BCUT2D eigenvalue weighted by molar-refractivity contribution is 5.85. The Morgan fingerprint density at radius 2 is 1.67 bits per heavy atom. The van der Waals surface area contributed by atoms with Crippen molar-refractivity contribution in [1.29, 1.82) is 0 Å². The lowest BCUT2D eigenvalue weighted by atomic mass is 9.99. The van der Waals surface area contributed by atoms with Crippen LogP contribution in [0.3, 0.4) is 0 Å². The van der Waals surface area contributed by atoms with Gasteiger partial charge in [-0.2, -0.15) is 13.2 Å². The van der Waals surface area contributed by atoms with E-state index in [9.17, 15) is 22.0 Å². The van der Waals surface area contributed by atoms with Gasteiger partial charge in [0.2, 0.25) is 0 Å². The summed E-state index contributed by atoms with van der Waals surface area (Å²) < 4.78 is 62.9. The first-order chi connectivity index (χ1) is 7.66. The number of halogens is 6. The molecule has 0 saturated heterocycles. The third-order valence-electron chi connectivity index (χ3n) is 2.34. The molecule has 0 heterocycles. The lowest BCUT2D eigenvalue weighted by molar-refractivity contribution is -0.210. The molecule has 0 unspecified atom stereocenters. The number of rotatable bonds is 2. The molecule has 8 heteroatoms. The minimum absolute atomic E-state index is 0. The molecule has 3 N–H and O–H groups in total. The van der Waals surface area contributed by atoms with Gasteiger partial charge in [0.1, 0.15) is 0 Å². The molecule has 1 aromatic carbocycles. The quantitative estimate of drug-likeness (QED) is 0.823. The monoisotopic (exact) mass is 291 g/mol. The fraction of sp³-hybridized carbons (Fsp3) is 0.400. The number of aliphatic hydroxyl groups excluding tert-OH is 1. The summed E-state index contributed by atoms with van der Waals surface area (Å²) in [4.78, 5) is 0. The second kappa shape index (κ2) is 5.81. The number of nitrogens with two attached hydrogens (primary N) is 1. The van der Waals surface area contributed by atoms with Crippen molar-refractivity contribution in [3.8, 4) is 0 Å². The summed E-state index contributed by atoms with van der Waals surface area (Å²) in [6.07, 6.45) is -7.94. The van der Waals surface area contributed by atoms with E-state index >= 15 is 0 Å². The summed E-state index contributed by atoms with van der Waals surface area (Å²) in [6.45, 7) is 1.26. The molecule has 0 fully saturated rings. The Kier molecular flexibility index (Phi) is 5.52. The smallest absolute Gasteiger partial charge is 0.382 e. The minimum atomic E-state index is -4.99. The van der Waals surface area contributed by atoms with E-state index < -0.39 is 35.5 Å². The Morgan fingerprint density at radius 3 is 2.11 bits per heavy atom. The molecule has 104 valence electrons. The maximum atomic E-state index is 13.3. The van der Waals surface area contributed by atoms with Crippen molar-refractivity contribution in [1.82, 2.24) is 0 Å². The fourth-order valence-corrected chi connectivity index (χ4v) is 1.29. The summed E-state index contributed by atoms with van der Waals surface area (Å²) in [7, 11) is 0. The molecule has 1 aromatic rings. The molecule has 0 bridgehead atoms. The van der Waals surface area contributed by atoms with Crippen molar-refractivity contribution in [3.05, 3.63) is 34.9 Å². The van der Waals surface area contributed by atoms with Crippen LogP contribution in [0, 0.1) is 18.6 Å². The van der Waals surface area contributed by atoms with Crippen LogP contribution in [-0.2, 0) is 0 Å². The van der Waals surface area contributed by atoms with Gasteiger partial charge in [0.15, 0.2) is 17.7 Å². The number of aliphatic hydroxyl groups is 1. The molecule has 2 nitrogen and oxygen atoms in total. The molecule has 0 saturated carbocycles. The normalized spacial score (nSPS) is 14.9. The number of alkyl halides is 3. The van der Waals surface area contributed by atoms with E-state index in [0.29, 0.717) is 0 Å². The van der Waals surface area contributed by atoms with Crippen LogP contribution in [0.25, 0.3) is 0 Å². The third kappa shape index (κ3) is 3.30. The lowest BCUT2D eigenvalue weighted by Crippen LogP contribution is -2.39. The predicted molar refractivity (Wildman–Crippen MR) is 57.3 cm³/mol. The van der Waals surface area contributed by atoms with E-state index in [1.54, 1.807) is 0 Å². The average molecular weight is 292 g/mol. The topological polar surface area (TPSA) is 46.2 Å². The van der Waals surface area contributed by atoms with Gasteiger partial charge in [-0.1, -0.05) is 12.1 Å². The number of benzene rings is 1. The first kappa shape index (κ1) is 17.1. The highest BCUT2D eigenvalue weighted by Gasteiger charge is 2.43. The van der Waals surface area contributed by atoms with E-state index in [2.05, 4.69) is 0 Å². The molecule has 0 spiro atoms. The largest absolute Gasteiger partial charge is 0.416 e. The molecule has 0 amide bonds. The molecule has 2 atom stereocenters. The van der Waals surface area contributed by atoms with Crippen LogP contribution < -0.4 is 5.73 Å². The second-order valence-electron chi connectivity index (χ2n) is 3.61. The van der Waals surface area contributed by atoms with Gasteiger partial charge >= 0.3 is 6.18 Å². The minimum Gasteiger partial charge on any atom is -0.382 e. The van der Waals surface area contributed by atoms with Gasteiger partial charge in [-0.3, -0.25) is 0 Å². The summed E-state index contributed by atoms with van der Waals surface area (Å²) in [6, 6.07) is -0.0468. The zero-order valence-electron chi connectivity index (χ0n) is 9.13. The van der Waals surface area contributed by atoms with Crippen molar-refractivity contribution < 1.29 is 27.1 Å². The Labute approximate surface area is 106 Å². The Morgan fingerprint density at radius 1 is 1.17 bits per heavy atom. The first-order valence-electron chi connectivity index (χ1n) is 4.61. The number of hydrogen-bond acceptors (Lipinski definition) is 2. The first-order valence-corrected chi connectivity index (χ1v) is 4.61. The second-order valence-corrected chi connectivity index (χ2v) is 3.61. The van der Waals surface area contributed by atoms with E-state index in [4.69, 9.17) is 10.8 Å². The van der Waals surface area contributed by atoms with Gasteiger partial charge in [-0.25, -0.2) is 8.78 Å². The Balaban J connectivity index is 0.00000289. The summed E-state index contributed by atoms with van der Waals surface area (Å²) in [5, 5.41) is 8.85. The van der Waals surface area contributed by atoms with Gasteiger partial charge in [0, 0.05) is 5.56 Å². The van der Waals surface area contributed by atoms with Crippen molar-refractivity contribution in [3.63, 3.8) is 0 Å². The van der Waals surface area contributed by atoms with Crippen LogP contribution in [0.4, 0.5) is 22.0 Å². The van der Waals surface area contributed by atoms with Crippen LogP contribution in [-0.4, -0.2) is 17.4 Å². The summed E-state index contributed by atoms with van der Waals surface area (Å²) in [5.41, 5.74) is 4.30. The molecule has 0 aliphatic rings.